The van der Waals surface area contributed by atoms with Gasteiger partial charge in [-0.3, -0.25) is 5.32 Å². The predicted octanol–water partition coefficient (Wildman–Crippen LogP) is 3.03. The largest absolute Gasteiger partial charge is 0.416 e. The Hall–Kier alpha value is -1.35. The molecule has 1 unspecified atom stereocenters. The van der Waals surface area contributed by atoms with E-state index in [1.807, 2.05) is 0 Å². The first-order chi connectivity index (χ1) is 9.04. The van der Waals surface area contributed by atoms with Crippen molar-refractivity contribution in [2.75, 3.05) is 13.2 Å². The summed E-state index contributed by atoms with van der Waals surface area (Å²) in [5, 5.41) is 10.7. The monoisotopic (exact) mass is 305 g/mol. The van der Waals surface area contributed by atoms with Crippen molar-refractivity contribution in [1.29, 1.82) is 0 Å². The molecule has 0 bridgehead atoms. The van der Waals surface area contributed by atoms with E-state index in [2.05, 4.69) is 0 Å². The van der Waals surface area contributed by atoms with Gasteiger partial charge in [0.25, 0.3) is 0 Å². The van der Waals surface area contributed by atoms with Crippen molar-refractivity contribution < 1.29 is 35.8 Å². The number of rotatable bonds is 4. The third-order valence-corrected chi connectivity index (χ3v) is 2.43. The van der Waals surface area contributed by atoms with Crippen molar-refractivity contribution in [2.45, 2.75) is 18.4 Å². The van der Waals surface area contributed by atoms with Crippen molar-refractivity contribution in [1.82, 2.24) is 5.32 Å². The molecule has 1 aromatic rings. The van der Waals surface area contributed by atoms with Crippen LogP contribution in [0.4, 0.5) is 30.7 Å². The van der Waals surface area contributed by atoms with Gasteiger partial charge in [-0.2, -0.15) is 26.3 Å². The Kier molecular flexibility index (Phi) is 4.98. The molecule has 0 saturated carbocycles. The maximum Gasteiger partial charge on any atom is 0.416 e. The first kappa shape index (κ1) is 16.7. The molecule has 0 heterocycles. The molecular weight excluding hydrogens is 295 g/mol. The minimum absolute atomic E-state index is 0.174. The molecule has 20 heavy (non-hydrogen) atoms. The van der Waals surface area contributed by atoms with E-state index >= 15 is 0 Å². The van der Waals surface area contributed by atoms with E-state index in [-0.39, 0.29) is 6.07 Å². The molecule has 1 rings (SSSR count). The number of alkyl halides is 6. The summed E-state index contributed by atoms with van der Waals surface area (Å²) in [5.41, 5.74) is -2.07. The Bertz CT molecular complexity index is 455. The molecule has 0 aromatic heterocycles. The number of nitrogens with one attached hydrogen (secondary N) is 1. The molecule has 0 saturated heterocycles. The minimum Gasteiger partial charge on any atom is -0.394 e. The Morgan fingerprint density at radius 2 is 1.70 bits per heavy atom. The Labute approximate surface area is 109 Å². The highest BCUT2D eigenvalue weighted by Gasteiger charge is 2.36. The number of aliphatic hydroxyl groups excluding tert-OH is 1. The molecule has 9 heteroatoms. The van der Waals surface area contributed by atoms with Crippen molar-refractivity contribution >= 4 is 0 Å². The summed E-state index contributed by atoms with van der Waals surface area (Å²) in [6.07, 6.45) is -9.59. The fraction of sp³-hybridized carbons (Fsp3) is 0.455. The summed E-state index contributed by atoms with van der Waals surface area (Å²) in [6.45, 7) is -2.57. The Balaban J connectivity index is 3.09. The molecule has 0 amide bonds. The molecule has 0 fully saturated rings. The number of hydrogen-bond acceptors (Lipinski definition) is 2. The predicted molar refractivity (Wildman–Crippen MR) is 55.3 cm³/mol. The smallest absolute Gasteiger partial charge is 0.394 e. The third-order valence-electron chi connectivity index (χ3n) is 2.43. The SMILES string of the molecule is OCC(NCC(F)(F)F)c1ccc(F)cc1C(F)(F)F. The lowest BCUT2D eigenvalue weighted by atomic mass is 10.00. The van der Waals surface area contributed by atoms with Crippen LogP contribution in [0.2, 0.25) is 0 Å². The molecule has 1 aromatic carbocycles. The van der Waals surface area contributed by atoms with Crippen LogP contribution < -0.4 is 5.32 Å². The zero-order valence-corrected chi connectivity index (χ0v) is 9.82. The van der Waals surface area contributed by atoms with E-state index in [4.69, 9.17) is 5.11 Å². The van der Waals surface area contributed by atoms with E-state index in [9.17, 15) is 30.7 Å². The molecule has 1 atom stereocenters. The molecule has 0 aliphatic heterocycles. The van der Waals surface area contributed by atoms with E-state index in [1.165, 1.54) is 0 Å². The van der Waals surface area contributed by atoms with Gasteiger partial charge in [0.15, 0.2) is 0 Å². The maximum atomic E-state index is 12.9. The van der Waals surface area contributed by atoms with Crippen LogP contribution in [0, 0.1) is 5.82 Å². The van der Waals surface area contributed by atoms with Gasteiger partial charge in [-0.25, -0.2) is 4.39 Å². The molecule has 0 spiro atoms. The average molecular weight is 305 g/mol. The second-order valence-corrected chi connectivity index (χ2v) is 3.96. The van der Waals surface area contributed by atoms with Crippen LogP contribution in [0.25, 0.3) is 0 Å². The van der Waals surface area contributed by atoms with Crippen LogP contribution in [0.15, 0.2) is 18.2 Å². The highest BCUT2D eigenvalue weighted by molar-refractivity contribution is 5.33. The third kappa shape index (κ3) is 4.64. The van der Waals surface area contributed by atoms with Crippen molar-refractivity contribution in [3.05, 3.63) is 35.1 Å². The standard InChI is InChI=1S/C11H10F7NO/c12-6-1-2-7(8(3-6)11(16,17)18)9(4-20)19-5-10(13,14)15/h1-3,9,19-20H,4-5H2. The van der Waals surface area contributed by atoms with E-state index in [1.54, 1.807) is 5.32 Å². The lowest BCUT2D eigenvalue weighted by Gasteiger charge is -2.22. The zero-order chi connectivity index (χ0) is 15.6. The van der Waals surface area contributed by atoms with Crippen LogP contribution in [-0.2, 0) is 6.18 Å². The molecule has 2 nitrogen and oxygen atoms in total. The summed E-state index contributed by atoms with van der Waals surface area (Å²) in [4.78, 5) is 0. The quantitative estimate of drug-likeness (QED) is 0.838. The van der Waals surface area contributed by atoms with E-state index in [0.717, 1.165) is 0 Å². The van der Waals surface area contributed by atoms with E-state index in [0.29, 0.717) is 12.1 Å². The summed E-state index contributed by atoms with van der Waals surface area (Å²) >= 11 is 0. The lowest BCUT2D eigenvalue weighted by Crippen LogP contribution is -2.34. The number of aliphatic hydroxyl groups is 1. The van der Waals surface area contributed by atoms with Gasteiger partial charge < -0.3 is 5.11 Å². The van der Waals surface area contributed by atoms with Crippen LogP contribution >= 0.6 is 0 Å². The second kappa shape index (κ2) is 5.96. The van der Waals surface area contributed by atoms with E-state index < -0.39 is 48.5 Å². The Morgan fingerprint density at radius 1 is 1.10 bits per heavy atom. The minimum atomic E-state index is -4.94. The van der Waals surface area contributed by atoms with Gasteiger partial charge >= 0.3 is 12.4 Å². The molecular formula is C11H10F7NO. The number of halogens is 7. The van der Waals surface area contributed by atoms with Gasteiger partial charge in [0, 0.05) is 0 Å². The van der Waals surface area contributed by atoms with Crippen LogP contribution in [-0.4, -0.2) is 24.4 Å². The highest BCUT2D eigenvalue weighted by Crippen LogP contribution is 2.35. The topological polar surface area (TPSA) is 32.3 Å². The molecule has 114 valence electrons. The van der Waals surface area contributed by atoms with Crippen LogP contribution in [0.1, 0.15) is 17.2 Å². The highest BCUT2D eigenvalue weighted by atomic mass is 19.4. The molecule has 0 aliphatic carbocycles. The van der Waals surface area contributed by atoms with Gasteiger partial charge in [-0.05, 0) is 17.7 Å². The fourth-order valence-electron chi connectivity index (χ4n) is 1.59. The fourth-order valence-corrected chi connectivity index (χ4v) is 1.59. The summed E-state index contributed by atoms with van der Waals surface area (Å²) in [5.74, 6) is -1.17. The van der Waals surface area contributed by atoms with Gasteiger partial charge in [0.1, 0.15) is 5.82 Å². The van der Waals surface area contributed by atoms with Crippen LogP contribution in [0.3, 0.4) is 0 Å². The lowest BCUT2D eigenvalue weighted by molar-refractivity contribution is -0.139. The molecule has 0 radical (unpaired) electrons. The number of hydrogen-bond donors (Lipinski definition) is 2. The molecule has 0 aliphatic rings. The van der Waals surface area contributed by atoms with Gasteiger partial charge in [-0.15, -0.1) is 0 Å². The Morgan fingerprint density at radius 3 is 2.15 bits per heavy atom. The zero-order valence-electron chi connectivity index (χ0n) is 9.82. The number of benzene rings is 1. The normalized spacial score (nSPS) is 14.4. The van der Waals surface area contributed by atoms with Gasteiger partial charge in [0.2, 0.25) is 0 Å². The van der Waals surface area contributed by atoms with Crippen molar-refractivity contribution in [3.63, 3.8) is 0 Å². The summed E-state index contributed by atoms with van der Waals surface area (Å²) in [7, 11) is 0. The second-order valence-electron chi connectivity index (χ2n) is 3.96. The first-order valence-corrected chi connectivity index (χ1v) is 5.32. The van der Waals surface area contributed by atoms with Crippen molar-refractivity contribution in [3.8, 4) is 0 Å². The molecule has 2 N–H and O–H groups in total. The maximum absolute atomic E-state index is 12.9. The summed E-state index contributed by atoms with van der Waals surface area (Å²) in [6, 6.07) is -0.0492. The van der Waals surface area contributed by atoms with Gasteiger partial charge in [-0.1, -0.05) is 6.07 Å². The first-order valence-electron chi connectivity index (χ1n) is 5.32. The van der Waals surface area contributed by atoms with Crippen LogP contribution in [0.5, 0.6) is 0 Å². The summed E-state index contributed by atoms with van der Waals surface area (Å²) < 4.78 is 87.1. The van der Waals surface area contributed by atoms with Gasteiger partial charge in [0.05, 0.1) is 24.8 Å². The average Bonchev–Trinajstić information content (AvgIpc) is 2.28. The van der Waals surface area contributed by atoms with Crippen molar-refractivity contribution in [2.24, 2.45) is 0 Å².